The van der Waals surface area contributed by atoms with Crippen molar-refractivity contribution in [2.45, 2.75) is 26.8 Å². The second kappa shape index (κ2) is 7.60. The van der Waals surface area contributed by atoms with Crippen LogP contribution in [0.15, 0.2) is 48.8 Å². The van der Waals surface area contributed by atoms with Gasteiger partial charge < -0.3 is 10.2 Å². The maximum absolute atomic E-state index is 12.8. The Balaban J connectivity index is 1.49. The first-order valence-electron chi connectivity index (χ1n) is 9.23. The van der Waals surface area contributed by atoms with Crippen LogP contribution in [0.1, 0.15) is 32.6 Å². The van der Waals surface area contributed by atoms with Crippen LogP contribution in [0.4, 0.5) is 11.6 Å². The number of nitrogens with one attached hydrogen (secondary N) is 1. The summed E-state index contributed by atoms with van der Waals surface area (Å²) in [6, 6.07) is 12.2. The summed E-state index contributed by atoms with van der Waals surface area (Å²) in [6.45, 7) is 5.30. The smallest absolute Gasteiger partial charge is 0.257 e. The molecule has 0 saturated heterocycles. The van der Waals surface area contributed by atoms with Gasteiger partial charge in [0.1, 0.15) is 0 Å². The summed E-state index contributed by atoms with van der Waals surface area (Å²) in [5, 5.41) is 3.77. The monoisotopic (exact) mass is 392 g/mol. The molecule has 0 unspecified atom stereocenters. The fraction of sp³-hybridized carbons (Fsp3) is 0.227. The molecule has 142 valence electrons. The van der Waals surface area contributed by atoms with Crippen molar-refractivity contribution in [1.82, 2.24) is 14.9 Å². The normalized spacial score (nSPS) is 13.2. The maximum atomic E-state index is 12.8. The van der Waals surface area contributed by atoms with Crippen LogP contribution in [-0.2, 0) is 13.0 Å². The molecule has 0 spiro atoms. The first kappa shape index (κ1) is 18.4. The summed E-state index contributed by atoms with van der Waals surface area (Å²) < 4.78 is 0. The van der Waals surface area contributed by atoms with Gasteiger partial charge in [-0.2, -0.15) is 0 Å². The van der Waals surface area contributed by atoms with Gasteiger partial charge in [0.2, 0.25) is 5.95 Å². The van der Waals surface area contributed by atoms with E-state index in [2.05, 4.69) is 27.4 Å². The molecular weight excluding hydrogens is 372 g/mol. The Morgan fingerprint density at radius 1 is 1.11 bits per heavy atom. The first-order valence-corrected chi connectivity index (χ1v) is 9.61. The minimum absolute atomic E-state index is 0.0504. The largest absolute Gasteiger partial charge is 0.334 e. The van der Waals surface area contributed by atoms with E-state index >= 15 is 0 Å². The molecule has 1 aromatic heterocycles. The molecule has 3 aromatic rings. The number of fused-ring (bicyclic) bond motifs is 1. The van der Waals surface area contributed by atoms with Crippen molar-refractivity contribution < 1.29 is 4.79 Å². The van der Waals surface area contributed by atoms with E-state index in [0.29, 0.717) is 29.6 Å². The van der Waals surface area contributed by atoms with E-state index in [4.69, 9.17) is 11.6 Å². The molecule has 4 rings (SSSR count). The van der Waals surface area contributed by atoms with Crippen molar-refractivity contribution in [2.75, 3.05) is 11.9 Å². The highest BCUT2D eigenvalue weighted by Crippen LogP contribution is 2.29. The Labute approximate surface area is 169 Å². The summed E-state index contributed by atoms with van der Waals surface area (Å²) in [4.78, 5) is 23.3. The minimum Gasteiger partial charge on any atom is -0.334 e. The Morgan fingerprint density at radius 3 is 2.54 bits per heavy atom. The van der Waals surface area contributed by atoms with Crippen LogP contribution in [0.25, 0.3) is 0 Å². The molecule has 0 fully saturated rings. The molecule has 28 heavy (non-hydrogen) atoms. The summed E-state index contributed by atoms with van der Waals surface area (Å²) in [5.74, 6) is 0.361. The fourth-order valence-electron chi connectivity index (χ4n) is 3.54. The van der Waals surface area contributed by atoms with E-state index in [0.717, 1.165) is 23.2 Å². The van der Waals surface area contributed by atoms with Gasteiger partial charge >= 0.3 is 0 Å². The molecule has 0 aliphatic carbocycles. The molecular formula is C22H21ClN4O. The third kappa shape index (κ3) is 3.71. The number of nitrogens with zero attached hydrogens (tertiary/aromatic N) is 3. The average Bonchev–Trinajstić information content (AvgIpc) is 2.70. The molecule has 1 aliphatic rings. The van der Waals surface area contributed by atoms with Crippen LogP contribution in [-0.4, -0.2) is 27.3 Å². The van der Waals surface area contributed by atoms with Gasteiger partial charge in [0.15, 0.2) is 0 Å². The Hall–Kier alpha value is -2.92. The topological polar surface area (TPSA) is 58.1 Å². The molecule has 5 nitrogen and oxygen atoms in total. The highest BCUT2D eigenvalue weighted by atomic mass is 35.5. The summed E-state index contributed by atoms with van der Waals surface area (Å²) in [7, 11) is 0. The molecule has 0 radical (unpaired) electrons. The first-order chi connectivity index (χ1) is 13.5. The van der Waals surface area contributed by atoms with Crippen molar-refractivity contribution >= 4 is 29.1 Å². The second-order valence-electron chi connectivity index (χ2n) is 7.10. The highest BCUT2D eigenvalue weighted by Gasteiger charge is 2.22. The van der Waals surface area contributed by atoms with Crippen molar-refractivity contribution in [3.05, 3.63) is 81.6 Å². The third-order valence-corrected chi connectivity index (χ3v) is 5.28. The Kier molecular flexibility index (Phi) is 5.01. The zero-order valence-corrected chi connectivity index (χ0v) is 16.6. The van der Waals surface area contributed by atoms with E-state index < -0.39 is 0 Å². The predicted octanol–water partition coefficient (Wildman–Crippen LogP) is 4.69. The molecule has 0 atom stereocenters. The Morgan fingerprint density at radius 2 is 1.82 bits per heavy atom. The van der Waals surface area contributed by atoms with Gasteiger partial charge in [0.25, 0.3) is 5.91 Å². The third-order valence-electron chi connectivity index (χ3n) is 4.99. The molecule has 0 bridgehead atoms. The van der Waals surface area contributed by atoms with E-state index in [9.17, 15) is 4.79 Å². The van der Waals surface area contributed by atoms with Gasteiger partial charge in [-0.05, 0) is 48.6 Å². The van der Waals surface area contributed by atoms with E-state index in [1.807, 2.05) is 43.0 Å². The van der Waals surface area contributed by atoms with Gasteiger partial charge in [0, 0.05) is 25.5 Å². The van der Waals surface area contributed by atoms with Gasteiger partial charge in [0.05, 0.1) is 16.3 Å². The zero-order chi connectivity index (χ0) is 19.7. The number of carbonyl (C=O) groups excluding carboxylic acids is 1. The van der Waals surface area contributed by atoms with Crippen LogP contribution in [0.2, 0.25) is 5.02 Å². The van der Waals surface area contributed by atoms with Gasteiger partial charge in [-0.3, -0.25) is 4.79 Å². The van der Waals surface area contributed by atoms with E-state index in [-0.39, 0.29) is 5.91 Å². The molecule has 0 saturated carbocycles. The molecule has 1 aliphatic heterocycles. The standard InChI is InChI=1S/C22H21ClN4O/c1-14-9-15(2)20(19(23)10-14)26-22-24-11-18(12-25-22)21(28)27-8-7-16-5-3-4-6-17(16)13-27/h3-6,9-12H,7-8,13H2,1-2H3,(H,24,25,26). The minimum atomic E-state index is -0.0504. The van der Waals surface area contributed by atoms with Crippen LogP contribution < -0.4 is 5.32 Å². The predicted molar refractivity (Wildman–Crippen MR) is 111 cm³/mol. The molecule has 1 amide bonds. The van der Waals surface area contributed by atoms with Gasteiger partial charge in [-0.25, -0.2) is 9.97 Å². The van der Waals surface area contributed by atoms with Crippen LogP contribution in [0.3, 0.4) is 0 Å². The van der Waals surface area contributed by atoms with E-state index in [1.165, 1.54) is 11.1 Å². The number of aromatic nitrogens is 2. The van der Waals surface area contributed by atoms with Gasteiger partial charge in [-0.15, -0.1) is 0 Å². The fourth-order valence-corrected chi connectivity index (χ4v) is 3.91. The average molecular weight is 393 g/mol. The molecule has 1 N–H and O–H groups in total. The zero-order valence-electron chi connectivity index (χ0n) is 15.9. The molecule has 6 heteroatoms. The van der Waals surface area contributed by atoms with Crippen LogP contribution in [0, 0.1) is 13.8 Å². The number of rotatable bonds is 3. The lowest BCUT2D eigenvalue weighted by Crippen LogP contribution is -2.36. The number of amides is 1. The number of anilines is 2. The van der Waals surface area contributed by atoms with Crippen molar-refractivity contribution in [3.63, 3.8) is 0 Å². The van der Waals surface area contributed by atoms with Crippen molar-refractivity contribution in [1.29, 1.82) is 0 Å². The summed E-state index contributed by atoms with van der Waals surface area (Å²) in [5.41, 5.74) is 5.88. The quantitative estimate of drug-likeness (QED) is 0.702. The Bertz CT molecular complexity index is 1010. The lowest BCUT2D eigenvalue weighted by atomic mass is 9.99. The van der Waals surface area contributed by atoms with E-state index in [1.54, 1.807) is 12.4 Å². The summed E-state index contributed by atoms with van der Waals surface area (Å²) in [6.07, 6.45) is 4.00. The molecule has 2 aromatic carbocycles. The lowest BCUT2D eigenvalue weighted by Gasteiger charge is -2.28. The lowest BCUT2D eigenvalue weighted by molar-refractivity contribution is 0.0734. The number of hydrogen-bond donors (Lipinski definition) is 1. The number of aryl methyl sites for hydroxylation is 2. The summed E-state index contributed by atoms with van der Waals surface area (Å²) >= 11 is 6.33. The molecule has 2 heterocycles. The number of benzene rings is 2. The number of carbonyl (C=O) groups is 1. The number of halogens is 1. The van der Waals surface area contributed by atoms with Gasteiger partial charge in [-0.1, -0.05) is 41.9 Å². The highest BCUT2D eigenvalue weighted by molar-refractivity contribution is 6.33. The van der Waals surface area contributed by atoms with Crippen molar-refractivity contribution in [2.24, 2.45) is 0 Å². The maximum Gasteiger partial charge on any atom is 0.257 e. The van der Waals surface area contributed by atoms with Crippen molar-refractivity contribution in [3.8, 4) is 0 Å². The number of hydrogen-bond acceptors (Lipinski definition) is 4. The second-order valence-corrected chi connectivity index (χ2v) is 7.51. The SMILES string of the molecule is Cc1cc(C)c(Nc2ncc(C(=O)N3CCc4ccccc4C3)cn2)c(Cl)c1. The van der Waals surface area contributed by atoms with Crippen LogP contribution in [0.5, 0.6) is 0 Å². The van der Waals surface area contributed by atoms with Crippen LogP contribution >= 0.6 is 11.6 Å².